The van der Waals surface area contributed by atoms with E-state index in [2.05, 4.69) is 5.32 Å². The molecule has 1 aromatic rings. The summed E-state index contributed by atoms with van der Waals surface area (Å²) in [5.41, 5.74) is 1.04. The Morgan fingerprint density at radius 1 is 1.47 bits per heavy atom. The van der Waals surface area contributed by atoms with Gasteiger partial charge in [0, 0.05) is 13.1 Å². The highest BCUT2D eigenvalue weighted by molar-refractivity contribution is 5.92. The van der Waals surface area contributed by atoms with Gasteiger partial charge in [-0.05, 0) is 37.5 Å². The first kappa shape index (κ1) is 14.0. The first-order chi connectivity index (χ1) is 9.04. The number of amides is 1. The average molecular weight is 266 g/mol. The Bertz CT molecular complexity index is 457. The first-order valence-electron chi connectivity index (χ1n) is 6.51. The van der Waals surface area contributed by atoms with Gasteiger partial charge < -0.3 is 10.4 Å². The first-order valence-corrected chi connectivity index (χ1v) is 6.51. The summed E-state index contributed by atoms with van der Waals surface area (Å²) in [5.74, 6) is -0.637. The van der Waals surface area contributed by atoms with Crippen LogP contribution in [0, 0.1) is 12.7 Å². The van der Waals surface area contributed by atoms with E-state index in [0.29, 0.717) is 25.9 Å². The van der Waals surface area contributed by atoms with Crippen LogP contribution >= 0.6 is 0 Å². The zero-order valence-corrected chi connectivity index (χ0v) is 11.0. The number of carbonyl (C=O) groups is 1. The molecule has 0 bridgehead atoms. The lowest BCUT2D eigenvalue weighted by molar-refractivity contribution is -0.117. The predicted octanol–water partition coefficient (Wildman–Crippen LogP) is 1.53. The summed E-state index contributed by atoms with van der Waals surface area (Å²) in [6, 6.07) is 4.73. The molecule has 1 aromatic carbocycles. The topological polar surface area (TPSA) is 52.6 Å². The van der Waals surface area contributed by atoms with Crippen molar-refractivity contribution in [3.63, 3.8) is 0 Å². The van der Waals surface area contributed by atoms with Gasteiger partial charge >= 0.3 is 0 Å². The third kappa shape index (κ3) is 4.01. The fourth-order valence-electron chi connectivity index (χ4n) is 2.19. The number of aryl methyl sites for hydroxylation is 1. The lowest BCUT2D eigenvalue weighted by Gasteiger charge is -2.28. The van der Waals surface area contributed by atoms with E-state index in [4.69, 9.17) is 0 Å². The molecule has 104 valence electrons. The van der Waals surface area contributed by atoms with Crippen molar-refractivity contribution < 1.29 is 14.3 Å². The predicted molar refractivity (Wildman–Crippen MR) is 71.4 cm³/mol. The van der Waals surface area contributed by atoms with Crippen LogP contribution in [0.4, 0.5) is 10.1 Å². The second-order valence-electron chi connectivity index (χ2n) is 5.04. The van der Waals surface area contributed by atoms with E-state index < -0.39 is 5.82 Å². The number of anilines is 1. The number of likely N-dealkylation sites (tertiary alicyclic amines) is 1. The molecule has 0 aliphatic carbocycles. The number of nitrogens with one attached hydrogen (secondary N) is 1. The molecule has 1 heterocycles. The third-order valence-corrected chi connectivity index (χ3v) is 3.32. The minimum atomic E-state index is -0.414. The molecule has 19 heavy (non-hydrogen) atoms. The summed E-state index contributed by atoms with van der Waals surface area (Å²) in [6.45, 7) is 3.43. The molecule has 1 saturated heterocycles. The maximum absolute atomic E-state index is 13.6. The van der Waals surface area contributed by atoms with Gasteiger partial charge in [-0.1, -0.05) is 6.07 Å². The lowest BCUT2D eigenvalue weighted by atomic mass is 10.1. The van der Waals surface area contributed by atoms with Crippen molar-refractivity contribution in [3.8, 4) is 0 Å². The average Bonchev–Trinajstić information content (AvgIpc) is 2.36. The van der Waals surface area contributed by atoms with E-state index in [0.717, 1.165) is 5.56 Å². The Morgan fingerprint density at radius 2 is 2.16 bits per heavy atom. The summed E-state index contributed by atoms with van der Waals surface area (Å²) in [7, 11) is 0. The van der Waals surface area contributed by atoms with Gasteiger partial charge in [0.1, 0.15) is 5.82 Å². The van der Waals surface area contributed by atoms with Crippen LogP contribution in [0.1, 0.15) is 18.4 Å². The molecular weight excluding hydrogens is 247 g/mol. The minimum absolute atomic E-state index is 0.215. The lowest BCUT2D eigenvalue weighted by Crippen LogP contribution is -2.40. The maximum Gasteiger partial charge on any atom is 0.238 e. The molecule has 0 radical (unpaired) electrons. The van der Waals surface area contributed by atoms with E-state index in [9.17, 15) is 14.3 Å². The fourth-order valence-corrected chi connectivity index (χ4v) is 2.19. The summed E-state index contributed by atoms with van der Waals surface area (Å²) in [5, 5.41) is 12.0. The molecule has 0 unspecified atom stereocenters. The Kier molecular flexibility index (Phi) is 4.50. The Balaban J connectivity index is 1.87. The van der Waals surface area contributed by atoms with Crippen molar-refractivity contribution in [2.75, 3.05) is 25.0 Å². The van der Waals surface area contributed by atoms with Gasteiger partial charge in [-0.25, -0.2) is 4.39 Å². The molecule has 0 atom stereocenters. The molecule has 4 nitrogen and oxygen atoms in total. The maximum atomic E-state index is 13.6. The number of hydrogen-bond donors (Lipinski definition) is 2. The Morgan fingerprint density at radius 3 is 2.79 bits per heavy atom. The third-order valence-electron chi connectivity index (χ3n) is 3.32. The minimum Gasteiger partial charge on any atom is -0.393 e. The van der Waals surface area contributed by atoms with Crippen LogP contribution < -0.4 is 5.32 Å². The van der Waals surface area contributed by atoms with Crippen molar-refractivity contribution in [2.45, 2.75) is 25.9 Å². The number of benzene rings is 1. The van der Waals surface area contributed by atoms with Crippen molar-refractivity contribution in [1.82, 2.24) is 4.90 Å². The highest BCUT2D eigenvalue weighted by atomic mass is 19.1. The van der Waals surface area contributed by atoms with Crippen LogP contribution in [-0.2, 0) is 4.79 Å². The van der Waals surface area contributed by atoms with Gasteiger partial charge in [0.15, 0.2) is 0 Å². The molecule has 5 heteroatoms. The van der Waals surface area contributed by atoms with Crippen LogP contribution in [0.2, 0.25) is 0 Å². The van der Waals surface area contributed by atoms with Crippen molar-refractivity contribution in [3.05, 3.63) is 29.6 Å². The number of piperidine rings is 1. The molecule has 0 aromatic heterocycles. The van der Waals surface area contributed by atoms with Gasteiger partial charge in [-0.3, -0.25) is 9.69 Å². The van der Waals surface area contributed by atoms with Crippen LogP contribution in [0.25, 0.3) is 0 Å². The number of carbonyl (C=O) groups excluding carboxylic acids is 1. The standard InChI is InChI=1S/C14H19FN2O2/c1-10-2-3-13(12(15)8-10)16-14(19)9-17-6-4-11(18)5-7-17/h2-3,8,11,18H,4-7,9H2,1H3,(H,16,19). The molecular formula is C14H19FN2O2. The van der Waals surface area contributed by atoms with Gasteiger partial charge in [-0.2, -0.15) is 0 Å². The van der Waals surface area contributed by atoms with E-state index in [1.807, 2.05) is 4.90 Å². The van der Waals surface area contributed by atoms with Crippen LogP contribution in [-0.4, -0.2) is 41.7 Å². The van der Waals surface area contributed by atoms with Crippen molar-refractivity contribution in [2.24, 2.45) is 0 Å². The normalized spacial score (nSPS) is 17.4. The summed E-state index contributed by atoms with van der Waals surface area (Å²) in [6.07, 6.45) is 1.12. The van der Waals surface area contributed by atoms with Gasteiger partial charge in [0.25, 0.3) is 0 Å². The van der Waals surface area contributed by atoms with Crippen molar-refractivity contribution >= 4 is 11.6 Å². The second kappa shape index (κ2) is 6.12. The number of aliphatic hydroxyl groups is 1. The largest absolute Gasteiger partial charge is 0.393 e. The number of halogens is 1. The van der Waals surface area contributed by atoms with Gasteiger partial charge in [0.2, 0.25) is 5.91 Å². The summed E-state index contributed by atoms with van der Waals surface area (Å²) < 4.78 is 13.6. The number of aliphatic hydroxyl groups excluding tert-OH is 1. The molecule has 1 fully saturated rings. The summed E-state index contributed by atoms with van der Waals surface area (Å²) in [4.78, 5) is 13.8. The van der Waals surface area contributed by atoms with E-state index >= 15 is 0 Å². The second-order valence-corrected chi connectivity index (χ2v) is 5.04. The summed E-state index contributed by atoms with van der Waals surface area (Å²) >= 11 is 0. The molecule has 0 spiro atoms. The zero-order chi connectivity index (χ0) is 13.8. The zero-order valence-electron chi connectivity index (χ0n) is 11.0. The molecule has 0 saturated carbocycles. The van der Waals surface area contributed by atoms with E-state index in [1.165, 1.54) is 6.07 Å². The molecule has 2 N–H and O–H groups in total. The SMILES string of the molecule is Cc1ccc(NC(=O)CN2CCC(O)CC2)c(F)c1. The quantitative estimate of drug-likeness (QED) is 0.872. The van der Waals surface area contributed by atoms with Gasteiger partial charge in [-0.15, -0.1) is 0 Å². The smallest absolute Gasteiger partial charge is 0.238 e. The van der Waals surface area contributed by atoms with Crippen LogP contribution in [0.3, 0.4) is 0 Å². The highest BCUT2D eigenvalue weighted by Crippen LogP contribution is 2.15. The van der Waals surface area contributed by atoms with E-state index in [-0.39, 0.29) is 24.2 Å². The Hall–Kier alpha value is -1.46. The molecule has 2 rings (SSSR count). The monoisotopic (exact) mass is 266 g/mol. The van der Waals surface area contributed by atoms with Crippen LogP contribution in [0.5, 0.6) is 0 Å². The van der Waals surface area contributed by atoms with Gasteiger partial charge in [0.05, 0.1) is 18.3 Å². The van der Waals surface area contributed by atoms with Crippen LogP contribution in [0.15, 0.2) is 18.2 Å². The number of hydrogen-bond acceptors (Lipinski definition) is 3. The van der Waals surface area contributed by atoms with E-state index in [1.54, 1.807) is 19.1 Å². The fraction of sp³-hybridized carbons (Fsp3) is 0.500. The highest BCUT2D eigenvalue weighted by Gasteiger charge is 2.19. The molecule has 1 aliphatic heterocycles. The molecule has 1 aliphatic rings. The molecule has 1 amide bonds. The number of rotatable bonds is 3. The van der Waals surface area contributed by atoms with Crippen molar-refractivity contribution in [1.29, 1.82) is 0 Å². The number of nitrogens with zero attached hydrogens (tertiary/aromatic N) is 1. The Labute approximate surface area is 112 Å².